The van der Waals surface area contributed by atoms with Gasteiger partial charge in [-0.15, -0.1) is 0 Å². The second-order valence-corrected chi connectivity index (χ2v) is 3.46. The first-order valence-corrected chi connectivity index (χ1v) is 4.67. The lowest BCUT2D eigenvalue weighted by molar-refractivity contribution is -0.134. The van der Waals surface area contributed by atoms with Crippen molar-refractivity contribution < 1.29 is 14.3 Å². The molecule has 0 bridgehead atoms. The molecule has 0 aromatic rings. The Hall–Kier alpha value is -1.10. The molecule has 1 aliphatic rings. The Labute approximate surface area is 83.4 Å². The van der Waals surface area contributed by atoms with Crippen molar-refractivity contribution in [1.29, 1.82) is 0 Å². The minimum Gasteiger partial charge on any atom is -0.375 e. The summed E-state index contributed by atoms with van der Waals surface area (Å²) in [5.74, 6) is -0.0589. The molecule has 1 rings (SSSR count). The van der Waals surface area contributed by atoms with Gasteiger partial charge in [-0.05, 0) is 6.42 Å². The second-order valence-electron chi connectivity index (χ2n) is 3.46. The number of amides is 2. The van der Waals surface area contributed by atoms with Crippen LogP contribution in [-0.4, -0.2) is 49.6 Å². The van der Waals surface area contributed by atoms with Crippen LogP contribution in [-0.2, 0) is 14.3 Å². The van der Waals surface area contributed by atoms with E-state index in [1.807, 2.05) is 0 Å². The van der Waals surface area contributed by atoms with Crippen molar-refractivity contribution in [1.82, 2.24) is 10.2 Å². The third-order valence-electron chi connectivity index (χ3n) is 2.22. The maximum atomic E-state index is 11.4. The van der Waals surface area contributed by atoms with Crippen LogP contribution >= 0.6 is 0 Å². The maximum absolute atomic E-state index is 11.4. The topological polar surface area (TPSA) is 58.6 Å². The van der Waals surface area contributed by atoms with E-state index >= 15 is 0 Å². The molecule has 0 aromatic heterocycles. The predicted molar refractivity (Wildman–Crippen MR) is 50.7 cm³/mol. The molecule has 1 aliphatic heterocycles. The number of carbonyl (C=O) groups excluding carboxylic acids is 2. The summed E-state index contributed by atoms with van der Waals surface area (Å²) in [6, 6.07) is 0.105. The Morgan fingerprint density at radius 2 is 2.29 bits per heavy atom. The highest BCUT2D eigenvalue weighted by Gasteiger charge is 2.26. The molecule has 0 saturated carbocycles. The van der Waals surface area contributed by atoms with Crippen LogP contribution in [0.25, 0.3) is 0 Å². The second kappa shape index (κ2) is 4.95. The van der Waals surface area contributed by atoms with Gasteiger partial charge in [-0.25, -0.2) is 0 Å². The average molecular weight is 200 g/mol. The first kappa shape index (κ1) is 11.0. The summed E-state index contributed by atoms with van der Waals surface area (Å²) in [6.07, 6.45) is 0.828. The molecule has 1 N–H and O–H groups in total. The zero-order valence-corrected chi connectivity index (χ0v) is 8.58. The summed E-state index contributed by atoms with van der Waals surface area (Å²) in [4.78, 5) is 23.8. The van der Waals surface area contributed by atoms with E-state index in [9.17, 15) is 9.59 Å². The van der Waals surface area contributed by atoms with Crippen LogP contribution in [0.1, 0.15) is 13.3 Å². The zero-order valence-electron chi connectivity index (χ0n) is 8.58. The van der Waals surface area contributed by atoms with Gasteiger partial charge in [0, 0.05) is 33.2 Å². The smallest absolute Gasteiger partial charge is 0.248 e. The lowest BCUT2D eigenvalue weighted by Crippen LogP contribution is -2.38. The summed E-state index contributed by atoms with van der Waals surface area (Å²) >= 11 is 0. The van der Waals surface area contributed by atoms with Crippen LogP contribution in [0.2, 0.25) is 0 Å². The highest BCUT2D eigenvalue weighted by molar-refractivity contribution is 5.78. The summed E-state index contributed by atoms with van der Waals surface area (Å²) in [7, 11) is 1.50. The highest BCUT2D eigenvalue weighted by Crippen LogP contribution is 2.09. The Morgan fingerprint density at radius 3 is 2.86 bits per heavy atom. The molecule has 1 saturated heterocycles. The van der Waals surface area contributed by atoms with Gasteiger partial charge in [0.05, 0.1) is 0 Å². The van der Waals surface area contributed by atoms with E-state index in [4.69, 9.17) is 4.74 Å². The first-order chi connectivity index (χ1) is 6.63. The van der Waals surface area contributed by atoms with Crippen molar-refractivity contribution in [3.63, 3.8) is 0 Å². The van der Waals surface area contributed by atoms with Crippen LogP contribution in [0.15, 0.2) is 0 Å². The fraction of sp³-hybridized carbons (Fsp3) is 0.778. The number of nitrogens with one attached hydrogen (secondary N) is 1. The number of carbonyl (C=O) groups is 2. The van der Waals surface area contributed by atoms with Crippen molar-refractivity contribution >= 4 is 11.8 Å². The first-order valence-electron chi connectivity index (χ1n) is 4.67. The van der Waals surface area contributed by atoms with Gasteiger partial charge >= 0.3 is 0 Å². The lowest BCUT2D eigenvalue weighted by atomic mass is 10.3. The standard InChI is InChI=1S/C9H16N2O3/c1-7(12)10-8-3-4-11(5-8)9(13)6-14-2/h8H,3-6H2,1-2H3,(H,10,12). The number of hydrogen-bond acceptors (Lipinski definition) is 3. The van der Waals surface area contributed by atoms with E-state index in [2.05, 4.69) is 5.32 Å². The molecular formula is C9H16N2O3. The number of rotatable bonds is 3. The van der Waals surface area contributed by atoms with Crippen LogP contribution in [0.3, 0.4) is 0 Å². The molecule has 14 heavy (non-hydrogen) atoms. The molecule has 5 heteroatoms. The third-order valence-corrected chi connectivity index (χ3v) is 2.22. The number of ether oxygens (including phenoxy) is 1. The number of likely N-dealkylation sites (tertiary alicyclic amines) is 1. The summed E-state index contributed by atoms with van der Waals surface area (Å²) in [6.45, 7) is 2.90. The SMILES string of the molecule is COCC(=O)N1CCC(NC(C)=O)C1. The fourth-order valence-corrected chi connectivity index (χ4v) is 1.61. The summed E-state index contributed by atoms with van der Waals surface area (Å²) in [5, 5.41) is 2.80. The fourth-order valence-electron chi connectivity index (χ4n) is 1.61. The number of methoxy groups -OCH3 is 1. The molecular weight excluding hydrogens is 184 g/mol. The number of hydrogen-bond donors (Lipinski definition) is 1. The molecule has 0 spiro atoms. The van der Waals surface area contributed by atoms with E-state index in [0.717, 1.165) is 6.42 Å². The molecule has 80 valence electrons. The van der Waals surface area contributed by atoms with Gasteiger partial charge in [-0.1, -0.05) is 0 Å². The minimum atomic E-state index is -0.0453. The predicted octanol–water partition coefficient (Wildman–Crippen LogP) is -0.630. The molecule has 0 aromatic carbocycles. The Bertz CT molecular complexity index is 230. The number of nitrogens with zero attached hydrogens (tertiary/aromatic N) is 1. The van der Waals surface area contributed by atoms with Crippen molar-refractivity contribution in [2.45, 2.75) is 19.4 Å². The lowest BCUT2D eigenvalue weighted by Gasteiger charge is -2.15. The monoisotopic (exact) mass is 200 g/mol. The van der Waals surface area contributed by atoms with Crippen LogP contribution in [0.5, 0.6) is 0 Å². The van der Waals surface area contributed by atoms with E-state index in [1.165, 1.54) is 14.0 Å². The van der Waals surface area contributed by atoms with Crippen LogP contribution in [0, 0.1) is 0 Å². The van der Waals surface area contributed by atoms with Crippen LogP contribution < -0.4 is 5.32 Å². The molecule has 5 nitrogen and oxygen atoms in total. The Balaban J connectivity index is 2.33. The third kappa shape index (κ3) is 2.99. The van der Waals surface area contributed by atoms with E-state index in [1.54, 1.807) is 4.90 Å². The van der Waals surface area contributed by atoms with Gasteiger partial charge in [-0.2, -0.15) is 0 Å². The van der Waals surface area contributed by atoms with E-state index in [0.29, 0.717) is 13.1 Å². The Kier molecular flexibility index (Phi) is 3.88. The molecule has 2 amide bonds. The molecule has 1 unspecified atom stereocenters. The minimum absolute atomic E-state index is 0.0136. The van der Waals surface area contributed by atoms with Crippen LogP contribution in [0.4, 0.5) is 0 Å². The molecule has 0 radical (unpaired) electrons. The summed E-state index contributed by atoms with van der Waals surface area (Å²) < 4.78 is 4.75. The van der Waals surface area contributed by atoms with Crippen molar-refractivity contribution in [2.75, 3.05) is 26.8 Å². The van der Waals surface area contributed by atoms with Crippen molar-refractivity contribution in [3.05, 3.63) is 0 Å². The van der Waals surface area contributed by atoms with Gasteiger partial charge in [0.1, 0.15) is 6.61 Å². The van der Waals surface area contributed by atoms with Gasteiger partial charge in [0.2, 0.25) is 11.8 Å². The molecule has 1 heterocycles. The average Bonchev–Trinajstić information content (AvgIpc) is 2.52. The van der Waals surface area contributed by atoms with Gasteiger partial charge in [-0.3, -0.25) is 9.59 Å². The largest absolute Gasteiger partial charge is 0.375 e. The molecule has 0 aliphatic carbocycles. The zero-order chi connectivity index (χ0) is 10.6. The van der Waals surface area contributed by atoms with E-state index < -0.39 is 0 Å². The van der Waals surface area contributed by atoms with Gasteiger partial charge < -0.3 is 15.0 Å². The van der Waals surface area contributed by atoms with Crippen molar-refractivity contribution in [2.24, 2.45) is 0 Å². The highest BCUT2D eigenvalue weighted by atomic mass is 16.5. The quantitative estimate of drug-likeness (QED) is 0.660. The van der Waals surface area contributed by atoms with Gasteiger partial charge in [0.25, 0.3) is 0 Å². The molecule has 1 atom stereocenters. The van der Waals surface area contributed by atoms with E-state index in [-0.39, 0.29) is 24.5 Å². The Morgan fingerprint density at radius 1 is 1.57 bits per heavy atom. The molecule has 1 fully saturated rings. The van der Waals surface area contributed by atoms with Gasteiger partial charge in [0.15, 0.2) is 0 Å². The maximum Gasteiger partial charge on any atom is 0.248 e. The van der Waals surface area contributed by atoms with Crippen molar-refractivity contribution in [3.8, 4) is 0 Å². The normalized spacial score (nSPS) is 21.0. The summed E-state index contributed by atoms with van der Waals surface area (Å²) in [5.41, 5.74) is 0.